The van der Waals surface area contributed by atoms with Crippen LogP contribution in [0, 0.1) is 12.7 Å². The van der Waals surface area contributed by atoms with Gasteiger partial charge in [0.2, 0.25) is 0 Å². The second kappa shape index (κ2) is 6.74. The van der Waals surface area contributed by atoms with Crippen LogP contribution in [0.5, 0.6) is 11.5 Å². The highest BCUT2D eigenvalue weighted by Gasteiger charge is 2.08. The number of nitrogens with one attached hydrogen (secondary N) is 1. The van der Waals surface area contributed by atoms with Gasteiger partial charge in [-0.3, -0.25) is 4.79 Å². The number of benzene rings is 2. The summed E-state index contributed by atoms with van der Waals surface area (Å²) in [7, 11) is 1.55. The third-order valence-corrected chi connectivity index (χ3v) is 2.80. The predicted octanol–water partition coefficient (Wildman–Crippen LogP) is 3.16. The molecule has 2 aromatic carbocycles. The molecule has 0 aromatic heterocycles. The molecular formula is C16H16FNO3. The molecule has 0 spiro atoms. The lowest BCUT2D eigenvalue weighted by Gasteiger charge is -2.09. The van der Waals surface area contributed by atoms with E-state index in [-0.39, 0.29) is 18.3 Å². The van der Waals surface area contributed by atoms with E-state index in [1.165, 1.54) is 6.07 Å². The number of carbonyl (C=O) groups is 1. The van der Waals surface area contributed by atoms with Crippen LogP contribution < -0.4 is 14.8 Å². The quantitative estimate of drug-likeness (QED) is 0.919. The molecule has 1 amide bonds. The smallest absolute Gasteiger partial charge is 0.262 e. The minimum absolute atomic E-state index is 0.0655. The second-order valence-electron chi connectivity index (χ2n) is 4.50. The van der Waals surface area contributed by atoms with Crippen molar-refractivity contribution in [1.29, 1.82) is 0 Å². The summed E-state index contributed by atoms with van der Waals surface area (Å²) >= 11 is 0. The average molecular weight is 289 g/mol. The Bertz CT molecular complexity index is 643. The fraction of sp³-hybridized carbons (Fsp3) is 0.188. The third-order valence-electron chi connectivity index (χ3n) is 2.80. The maximum atomic E-state index is 13.5. The first-order chi connectivity index (χ1) is 10.1. The monoisotopic (exact) mass is 289 g/mol. The molecule has 2 rings (SSSR count). The molecule has 0 atom stereocenters. The second-order valence-corrected chi connectivity index (χ2v) is 4.50. The van der Waals surface area contributed by atoms with Gasteiger partial charge in [-0.1, -0.05) is 12.1 Å². The highest BCUT2D eigenvalue weighted by molar-refractivity contribution is 5.92. The molecule has 0 bridgehead atoms. The van der Waals surface area contributed by atoms with Gasteiger partial charge in [-0.15, -0.1) is 0 Å². The van der Waals surface area contributed by atoms with Gasteiger partial charge in [-0.25, -0.2) is 4.39 Å². The number of aryl methyl sites for hydroxylation is 1. The van der Waals surface area contributed by atoms with Gasteiger partial charge in [0, 0.05) is 11.8 Å². The van der Waals surface area contributed by atoms with Crippen molar-refractivity contribution in [3.05, 3.63) is 53.8 Å². The van der Waals surface area contributed by atoms with E-state index in [9.17, 15) is 9.18 Å². The minimum atomic E-state index is -0.491. The van der Waals surface area contributed by atoms with E-state index in [2.05, 4.69) is 5.32 Å². The van der Waals surface area contributed by atoms with Gasteiger partial charge in [0.1, 0.15) is 5.75 Å². The Hall–Kier alpha value is -2.56. The molecule has 4 nitrogen and oxygen atoms in total. The summed E-state index contributed by atoms with van der Waals surface area (Å²) in [6.45, 7) is 1.56. The summed E-state index contributed by atoms with van der Waals surface area (Å²) in [6, 6.07) is 11.4. The largest absolute Gasteiger partial charge is 0.497 e. The van der Waals surface area contributed by atoms with Gasteiger partial charge in [-0.2, -0.15) is 0 Å². The van der Waals surface area contributed by atoms with Crippen molar-refractivity contribution in [3.8, 4) is 11.5 Å². The SMILES string of the molecule is COc1cccc(NC(=O)COc2cc(C)ccc2F)c1. The number of hydrogen-bond acceptors (Lipinski definition) is 3. The molecule has 0 aliphatic heterocycles. The standard InChI is InChI=1S/C16H16FNO3/c1-11-6-7-14(17)15(8-11)21-10-16(19)18-12-4-3-5-13(9-12)20-2/h3-9H,10H2,1-2H3,(H,18,19). The van der Waals surface area contributed by atoms with Crippen LogP contribution in [-0.4, -0.2) is 19.6 Å². The number of hydrogen-bond donors (Lipinski definition) is 1. The maximum Gasteiger partial charge on any atom is 0.262 e. The van der Waals surface area contributed by atoms with E-state index in [0.717, 1.165) is 5.56 Å². The number of anilines is 1. The van der Waals surface area contributed by atoms with Gasteiger partial charge in [-0.05, 0) is 36.8 Å². The fourth-order valence-corrected chi connectivity index (χ4v) is 1.76. The molecular weight excluding hydrogens is 273 g/mol. The summed E-state index contributed by atoms with van der Waals surface area (Å²) in [5.41, 5.74) is 1.45. The first kappa shape index (κ1) is 14.8. The van der Waals surface area contributed by atoms with Crippen LogP contribution in [0.15, 0.2) is 42.5 Å². The van der Waals surface area contributed by atoms with Crippen molar-refractivity contribution < 1.29 is 18.7 Å². The van der Waals surface area contributed by atoms with Gasteiger partial charge < -0.3 is 14.8 Å². The molecule has 0 fully saturated rings. The van der Waals surface area contributed by atoms with Crippen LogP contribution in [0.2, 0.25) is 0 Å². The van der Waals surface area contributed by atoms with E-state index in [0.29, 0.717) is 11.4 Å². The molecule has 110 valence electrons. The number of methoxy groups -OCH3 is 1. The van der Waals surface area contributed by atoms with E-state index in [1.807, 2.05) is 6.92 Å². The van der Waals surface area contributed by atoms with Crippen molar-refractivity contribution in [2.45, 2.75) is 6.92 Å². The lowest BCUT2D eigenvalue weighted by Crippen LogP contribution is -2.20. The Labute approximate surface area is 122 Å². The van der Waals surface area contributed by atoms with Gasteiger partial charge >= 0.3 is 0 Å². The number of rotatable bonds is 5. The number of carbonyl (C=O) groups excluding carboxylic acids is 1. The normalized spacial score (nSPS) is 10.0. The first-order valence-electron chi connectivity index (χ1n) is 6.41. The van der Waals surface area contributed by atoms with Crippen molar-refractivity contribution in [1.82, 2.24) is 0 Å². The summed E-state index contributed by atoms with van der Waals surface area (Å²) in [6.07, 6.45) is 0. The lowest BCUT2D eigenvalue weighted by molar-refractivity contribution is -0.118. The number of amides is 1. The maximum absolute atomic E-state index is 13.5. The Kier molecular flexibility index (Phi) is 4.77. The molecule has 0 heterocycles. The molecule has 0 radical (unpaired) electrons. The van der Waals surface area contributed by atoms with Gasteiger partial charge in [0.05, 0.1) is 7.11 Å². The van der Waals surface area contributed by atoms with E-state index < -0.39 is 5.82 Å². The molecule has 0 aliphatic carbocycles. The summed E-state index contributed by atoms with van der Waals surface area (Å²) in [4.78, 5) is 11.8. The molecule has 2 aromatic rings. The number of ether oxygens (including phenoxy) is 2. The van der Waals surface area contributed by atoms with Crippen LogP contribution in [-0.2, 0) is 4.79 Å². The van der Waals surface area contributed by atoms with E-state index in [4.69, 9.17) is 9.47 Å². The van der Waals surface area contributed by atoms with Crippen LogP contribution in [0.25, 0.3) is 0 Å². The fourth-order valence-electron chi connectivity index (χ4n) is 1.76. The molecule has 0 saturated heterocycles. The molecule has 21 heavy (non-hydrogen) atoms. The van der Waals surface area contributed by atoms with E-state index in [1.54, 1.807) is 43.5 Å². The lowest BCUT2D eigenvalue weighted by atomic mass is 10.2. The Morgan fingerprint density at radius 2 is 2.05 bits per heavy atom. The molecule has 0 aliphatic rings. The van der Waals surface area contributed by atoms with Crippen molar-refractivity contribution in [3.63, 3.8) is 0 Å². The summed E-state index contributed by atoms with van der Waals surface area (Å²) in [5, 5.41) is 2.65. The molecule has 5 heteroatoms. The summed E-state index contributed by atoms with van der Waals surface area (Å²) in [5.74, 6) is -0.159. The van der Waals surface area contributed by atoms with Gasteiger partial charge in [0.15, 0.2) is 18.2 Å². The predicted molar refractivity (Wildman–Crippen MR) is 78.3 cm³/mol. The third kappa shape index (κ3) is 4.21. The average Bonchev–Trinajstić information content (AvgIpc) is 2.48. The Morgan fingerprint density at radius 3 is 2.81 bits per heavy atom. The van der Waals surface area contributed by atoms with Crippen molar-refractivity contribution >= 4 is 11.6 Å². The Morgan fingerprint density at radius 1 is 1.24 bits per heavy atom. The van der Waals surface area contributed by atoms with Crippen LogP contribution in [0.3, 0.4) is 0 Å². The van der Waals surface area contributed by atoms with Crippen molar-refractivity contribution in [2.24, 2.45) is 0 Å². The van der Waals surface area contributed by atoms with Gasteiger partial charge in [0.25, 0.3) is 5.91 Å². The van der Waals surface area contributed by atoms with Crippen molar-refractivity contribution in [2.75, 3.05) is 19.0 Å². The zero-order valence-electron chi connectivity index (χ0n) is 11.9. The zero-order valence-corrected chi connectivity index (χ0v) is 11.9. The molecule has 0 unspecified atom stereocenters. The van der Waals surface area contributed by atoms with Crippen LogP contribution >= 0.6 is 0 Å². The molecule has 0 saturated carbocycles. The van der Waals surface area contributed by atoms with Crippen LogP contribution in [0.1, 0.15) is 5.56 Å². The highest BCUT2D eigenvalue weighted by Crippen LogP contribution is 2.19. The zero-order chi connectivity index (χ0) is 15.2. The topological polar surface area (TPSA) is 47.6 Å². The minimum Gasteiger partial charge on any atom is -0.497 e. The van der Waals surface area contributed by atoms with E-state index >= 15 is 0 Å². The van der Waals surface area contributed by atoms with Crippen LogP contribution in [0.4, 0.5) is 10.1 Å². The number of halogens is 1. The molecule has 1 N–H and O–H groups in total. The Balaban J connectivity index is 1.94. The first-order valence-corrected chi connectivity index (χ1v) is 6.41. The summed E-state index contributed by atoms with van der Waals surface area (Å²) < 4.78 is 23.7. The highest BCUT2D eigenvalue weighted by atomic mass is 19.1.